The zero-order valence-corrected chi connectivity index (χ0v) is 11.9. The summed E-state index contributed by atoms with van der Waals surface area (Å²) in [7, 11) is 0. The fraction of sp³-hybridized carbons (Fsp3) is 0.769. The van der Waals surface area contributed by atoms with Crippen molar-refractivity contribution >= 4 is 11.3 Å². The Labute approximate surface area is 110 Å². The molecule has 0 aromatic carbocycles. The summed E-state index contributed by atoms with van der Waals surface area (Å²) in [5.41, 5.74) is 2.20. The van der Waals surface area contributed by atoms with Crippen LogP contribution in [0.4, 0.5) is 0 Å². The molecule has 0 amide bonds. The number of aryl methyl sites for hydroxylation is 1. The summed E-state index contributed by atoms with van der Waals surface area (Å²) in [5, 5.41) is 2.14. The van der Waals surface area contributed by atoms with Gasteiger partial charge >= 0.3 is 0 Å². The lowest BCUT2D eigenvalue weighted by Crippen LogP contribution is -3.00. The lowest BCUT2D eigenvalue weighted by molar-refractivity contribution is -0.692. The fourth-order valence-electron chi connectivity index (χ4n) is 1.82. The number of halogens is 1. The van der Waals surface area contributed by atoms with E-state index < -0.39 is 0 Å². The van der Waals surface area contributed by atoms with E-state index in [9.17, 15) is 0 Å². The number of thiazole rings is 1. The lowest BCUT2D eigenvalue weighted by Gasteiger charge is -1.99. The van der Waals surface area contributed by atoms with Gasteiger partial charge in [-0.3, -0.25) is 0 Å². The molecule has 1 rings (SSSR count). The molecule has 0 N–H and O–H groups in total. The number of unbranched alkanes of at least 4 members (excludes halogenated alkanes) is 7. The maximum Gasteiger partial charge on any atom is 0.224 e. The molecule has 0 aliphatic carbocycles. The van der Waals surface area contributed by atoms with Crippen molar-refractivity contribution in [2.75, 3.05) is 0 Å². The minimum atomic E-state index is 0. The van der Waals surface area contributed by atoms with Gasteiger partial charge in [0.25, 0.3) is 0 Å². The van der Waals surface area contributed by atoms with E-state index in [4.69, 9.17) is 0 Å². The Morgan fingerprint density at radius 3 is 2.12 bits per heavy atom. The molecule has 0 bridgehead atoms. The normalized spacial score (nSPS) is 10.1. The molecule has 0 aliphatic rings. The summed E-state index contributed by atoms with van der Waals surface area (Å²) in [6, 6.07) is 0. The van der Waals surface area contributed by atoms with Crippen molar-refractivity contribution in [1.82, 2.24) is 0 Å². The molecular weight excluding hydrogens is 238 g/mol. The molecule has 3 heteroatoms. The van der Waals surface area contributed by atoms with E-state index in [-0.39, 0.29) is 12.4 Å². The largest absolute Gasteiger partial charge is 1.00 e. The minimum Gasteiger partial charge on any atom is -1.00 e. The molecular formula is C13H24ClNS. The number of nitrogens with zero attached hydrogens (tertiary/aromatic N) is 1. The molecule has 0 radical (unpaired) electrons. The van der Waals surface area contributed by atoms with Gasteiger partial charge in [0, 0.05) is 6.42 Å². The number of aromatic nitrogens is 1. The number of hydrogen-bond donors (Lipinski definition) is 0. The third-order valence-corrected chi connectivity index (χ3v) is 3.47. The average Bonchev–Trinajstić information content (AvgIpc) is 2.75. The molecule has 0 fully saturated rings. The van der Waals surface area contributed by atoms with E-state index >= 15 is 0 Å². The second-order valence-electron chi connectivity index (χ2n) is 4.24. The Balaban J connectivity index is 0.00000225. The van der Waals surface area contributed by atoms with Crippen LogP contribution in [-0.2, 0) is 6.54 Å². The fourth-order valence-corrected chi connectivity index (χ4v) is 2.45. The molecule has 0 atom stereocenters. The van der Waals surface area contributed by atoms with Gasteiger partial charge in [-0.25, -0.2) is 0 Å². The predicted molar refractivity (Wildman–Crippen MR) is 67.1 cm³/mol. The monoisotopic (exact) mass is 261 g/mol. The van der Waals surface area contributed by atoms with Crippen LogP contribution in [0.25, 0.3) is 0 Å². The van der Waals surface area contributed by atoms with Crippen LogP contribution < -0.4 is 17.0 Å². The molecule has 1 nitrogen and oxygen atoms in total. The molecule has 0 spiro atoms. The molecule has 94 valence electrons. The highest BCUT2D eigenvalue weighted by atomic mass is 35.5. The second-order valence-corrected chi connectivity index (χ2v) is 4.99. The highest BCUT2D eigenvalue weighted by Crippen LogP contribution is 2.08. The first-order valence-corrected chi connectivity index (χ1v) is 7.29. The molecule has 0 unspecified atom stereocenters. The number of hydrogen-bond acceptors (Lipinski definition) is 1. The summed E-state index contributed by atoms with van der Waals surface area (Å²) >= 11 is 1.78. The summed E-state index contributed by atoms with van der Waals surface area (Å²) < 4.78 is 2.29. The van der Waals surface area contributed by atoms with Crippen LogP contribution in [0.15, 0.2) is 17.1 Å². The Hall–Kier alpha value is -0.0800. The third kappa shape index (κ3) is 8.12. The topological polar surface area (TPSA) is 3.88 Å². The van der Waals surface area contributed by atoms with E-state index in [1.165, 1.54) is 57.9 Å². The van der Waals surface area contributed by atoms with Gasteiger partial charge in [0.2, 0.25) is 5.51 Å². The zero-order chi connectivity index (χ0) is 10.8. The van der Waals surface area contributed by atoms with Crippen LogP contribution in [0.5, 0.6) is 0 Å². The van der Waals surface area contributed by atoms with Gasteiger partial charge in [0.1, 0.15) is 6.54 Å². The van der Waals surface area contributed by atoms with E-state index in [2.05, 4.69) is 28.6 Å². The van der Waals surface area contributed by atoms with Gasteiger partial charge in [-0.15, -0.1) is 0 Å². The maximum absolute atomic E-state index is 2.29. The molecule has 0 saturated carbocycles. The summed E-state index contributed by atoms with van der Waals surface area (Å²) in [5.74, 6) is 0. The van der Waals surface area contributed by atoms with Gasteiger partial charge in [0.05, 0.1) is 5.38 Å². The van der Waals surface area contributed by atoms with Crippen LogP contribution in [0.1, 0.15) is 58.3 Å². The van der Waals surface area contributed by atoms with Crippen LogP contribution >= 0.6 is 11.3 Å². The first-order valence-electron chi connectivity index (χ1n) is 6.34. The van der Waals surface area contributed by atoms with Gasteiger partial charge < -0.3 is 12.4 Å². The van der Waals surface area contributed by atoms with Crippen molar-refractivity contribution in [3.63, 3.8) is 0 Å². The van der Waals surface area contributed by atoms with Gasteiger partial charge in [-0.05, 0) is 6.42 Å². The zero-order valence-electron chi connectivity index (χ0n) is 10.3. The van der Waals surface area contributed by atoms with Crippen LogP contribution in [0.3, 0.4) is 0 Å². The highest BCUT2D eigenvalue weighted by molar-refractivity contribution is 7.07. The Morgan fingerprint density at radius 2 is 1.56 bits per heavy atom. The Bertz CT molecular complexity index is 224. The van der Waals surface area contributed by atoms with Gasteiger partial charge in [0.15, 0.2) is 6.20 Å². The molecule has 1 aromatic heterocycles. The molecule has 16 heavy (non-hydrogen) atoms. The third-order valence-electron chi connectivity index (χ3n) is 2.80. The van der Waals surface area contributed by atoms with E-state index in [1.807, 2.05) is 0 Å². The van der Waals surface area contributed by atoms with E-state index in [1.54, 1.807) is 11.3 Å². The minimum absolute atomic E-state index is 0. The average molecular weight is 262 g/mol. The number of rotatable bonds is 9. The SMILES string of the molecule is CCCCCCCCCC[n+]1ccsc1.[Cl-]. The van der Waals surface area contributed by atoms with E-state index in [0.717, 1.165) is 0 Å². The van der Waals surface area contributed by atoms with Gasteiger partial charge in [-0.2, -0.15) is 4.57 Å². The van der Waals surface area contributed by atoms with Crippen molar-refractivity contribution in [2.45, 2.75) is 64.8 Å². The molecule has 0 aliphatic heterocycles. The summed E-state index contributed by atoms with van der Waals surface area (Å²) in [6.45, 7) is 3.48. The first-order chi connectivity index (χ1) is 7.43. The van der Waals surface area contributed by atoms with Crippen molar-refractivity contribution in [1.29, 1.82) is 0 Å². The lowest BCUT2D eigenvalue weighted by atomic mass is 10.1. The molecule has 1 aromatic rings. The van der Waals surface area contributed by atoms with Crippen LogP contribution in [0.2, 0.25) is 0 Å². The van der Waals surface area contributed by atoms with Crippen molar-refractivity contribution in [2.24, 2.45) is 0 Å². The Kier molecular flexibility index (Phi) is 11.3. The van der Waals surface area contributed by atoms with Gasteiger partial charge in [-0.1, -0.05) is 56.8 Å². The molecule has 0 saturated heterocycles. The van der Waals surface area contributed by atoms with Crippen LogP contribution in [-0.4, -0.2) is 0 Å². The van der Waals surface area contributed by atoms with Crippen molar-refractivity contribution < 1.29 is 17.0 Å². The van der Waals surface area contributed by atoms with Crippen molar-refractivity contribution in [3.8, 4) is 0 Å². The summed E-state index contributed by atoms with van der Waals surface area (Å²) in [6.07, 6.45) is 13.4. The maximum atomic E-state index is 2.29. The van der Waals surface area contributed by atoms with E-state index in [0.29, 0.717) is 0 Å². The molecule has 1 heterocycles. The smallest absolute Gasteiger partial charge is 0.224 e. The van der Waals surface area contributed by atoms with Crippen LogP contribution in [0, 0.1) is 0 Å². The Morgan fingerprint density at radius 1 is 0.938 bits per heavy atom. The predicted octanol–water partition coefficient (Wildman–Crippen LogP) is 1.18. The quantitative estimate of drug-likeness (QED) is 0.464. The van der Waals surface area contributed by atoms with Crippen molar-refractivity contribution in [3.05, 3.63) is 17.1 Å². The first kappa shape index (κ1) is 15.9. The standard InChI is InChI=1S/C13H24NS.ClH/c1-2-3-4-5-6-7-8-9-10-14-11-12-15-13-14;/h11-13H,2-10H2,1H3;1H/q+1;/p-1. The summed E-state index contributed by atoms with van der Waals surface area (Å²) in [4.78, 5) is 0. The highest BCUT2D eigenvalue weighted by Gasteiger charge is 1.98. The second kappa shape index (κ2) is 11.4.